The Bertz CT molecular complexity index is 1090. The summed E-state index contributed by atoms with van der Waals surface area (Å²) < 4.78 is 32.7. The third-order valence-corrected chi connectivity index (χ3v) is 7.61. The van der Waals surface area contributed by atoms with Gasteiger partial charge in [0.05, 0.1) is 18.0 Å². The smallest absolute Gasteiger partial charge is 0.257 e. The fraction of sp³-hybridized carbons (Fsp3) is 0.364. The maximum absolute atomic E-state index is 13.2. The third kappa shape index (κ3) is 5.11. The molecule has 0 saturated heterocycles. The maximum atomic E-state index is 13.2. The average molecular weight is 460 g/mol. The minimum Gasteiger partial charge on any atom is -0.383 e. The Labute approximate surface area is 187 Å². The van der Waals surface area contributed by atoms with E-state index in [1.165, 1.54) is 17.3 Å². The topological polar surface area (TPSA) is 79.3 Å². The molecule has 7 nitrogen and oxygen atoms in total. The lowest BCUT2D eigenvalue weighted by Crippen LogP contribution is -2.35. The summed E-state index contributed by atoms with van der Waals surface area (Å²) in [5.74, 6) is -0.0448. The van der Waals surface area contributed by atoms with Gasteiger partial charge in [0.25, 0.3) is 15.9 Å². The van der Waals surface area contributed by atoms with Gasteiger partial charge in [-0.3, -0.25) is 4.79 Å². The van der Waals surface area contributed by atoms with E-state index >= 15 is 0 Å². The van der Waals surface area contributed by atoms with Crippen LogP contribution < -0.4 is 4.90 Å². The van der Waals surface area contributed by atoms with Gasteiger partial charge < -0.3 is 14.5 Å². The third-order valence-electron chi connectivity index (χ3n) is 5.31. The highest BCUT2D eigenvalue weighted by molar-refractivity contribution is 8.15. The number of amides is 1. The Morgan fingerprint density at radius 3 is 2.77 bits per heavy atom. The molecule has 0 bridgehead atoms. The van der Waals surface area contributed by atoms with Crippen LogP contribution in [-0.2, 0) is 21.2 Å². The quantitative estimate of drug-likeness (QED) is 0.604. The first-order valence-corrected chi connectivity index (χ1v) is 12.6. The standard InChI is InChI=1S/C22H25N3O4S2/c1-29-14-12-24(11-5-8-17-6-3-2-4-7-17)21(26)18-9-10-19-20(16-18)30-22-23-31(27,28)15-13-25(19)22/h2-4,6-7,9-10,16H,5,8,11-15H2,1H3. The summed E-state index contributed by atoms with van der Waals surface area (Å²) in [6, 6.07) is 15.8. The van der Waals surface area contributed by atoms with Crippen molar-refractivity contribution in [1.82, 2.24) is 4.90 Å². The molecule has 9 heteroatoms. The number of methoxy groups -OCH3 is 1. The number of hydrogen-bond acceptors (Lipinski definition) is 6. The van der Waals surface area contributed by atoms with Crippen LogP contribution in [0.5, 0.6) is 0 Å². The summed E-state index contributed by atoms with van der Waals surface area (Å²) in [5, 5.41) is 0.463. The Morgan fingerprint density at radius 2 is 2.00 bits per heavy atom. The van der Waals surface area contributed by atoms with Crippen molar-refractivity contribution in [2.75, 3.05) is 44.0 Å². The second-order valence-corrected chi connectivity index (χ2v) is 10.2. The van der Waals surface area contributed by atoms with Crippen LogP contribution in [-0.4, -0.2) is 63.5 Å². The number of hydrogen-bond donors (Lipinski definition) is 0. The number of carbonyl (C=O) groups excluding carboxylic acids is 1. The first-order chi connectivity index (χ1) is 15.0. The highest BCUT2D eigenvalue weighted by Gasteiger charge is 2.33. The van der Waals surface area contributed by atoms with Gasteiger partial charge in [0, 0.05) is 37.2 Å². The maximum Gasteiger partial charge on any atom is 0.257 e. The van der Waals surface area contributed by atoms with E-state index in [4.69, 9.17) is 4.74 Å². The molecule has 2 aromatic carbocycles. The first kappa shape index (κ1) is 21.9. The highest BCUT2D eigenvalue weighted by atomic mass is 32.2. The Balaban J connectivity index is 1.47. The van der Waals surface area contributed by atoms with Crippen LogP contribution in [0.25, 0.3) is 0 Å². The monoisotopic (exact) mass is 459 g/mol. The van der Waals surface area contributed by atoms with E-state index in [0.717, 1.165) is 23.4 Å². The van der Waals surface area contributed by atoms with Crippen LogP contribution in [0.4, 0.5) is 5.69 Å². The molecule has 2 aromatic rings. The number of rotatable bonds is 8. The molecule has 164 valence electrons. The van der Waals surface area contributed by atoms with E-state index in [-0.39, 0.29) is 11.7 Å². The Morgan fingerprint density at radius 1 is 1.19 bits per heavy atom. The van der Waals surface area contributed by atoms with Crippen molar-refractivity contribution in [2.45, 2.75) is 17.7 Å². The molecule has 2 aliphatic heterocycles. The predicted molar refractivity (Wildman–Crippen MR) is 123 cm³/mol. The Hall–Kier alpha value is -2.36. The molecule has 2 heterocycles. The van der Waals surface area contributed by atoms with Gasteiger partial charge >= 0.3 is 0 Å². The van der Waals surface area contributed by atoms with Gasteiger partial charge in [0.2, 0.25) is 0 Å². The van der Waals surface area contributed by atoms with E-state index in [1.807, 2.05) is 46.2 Å². The number of sulfonamides is 1. The molecule has 0 atom stereocenters. The highest BCUT2D eigenvalue weighted by Crippen LogP contribution is 2.42. The Kier molecular flexibility index (Phi) is 6.64. The zero-order chi connectivity index (χ0) is 21.8. The second kappa shape index (κ2) is 9.42. The fourth-order valence-electron chi connectivity index (χ4n) is 3.68. The number of benzene rings is 2. The van der Waals surface area contributed by atoms with Crippen LogP contribution in [0, 0.1) is 0 Å². The van der Waals surface area contributed by atoms with Crippen molar-refractivity contribution in [1.29, 1.82) is 0 Å². The zero-order valence-corrected chi connectivity index (χ0v) is 19.0. The van der Waals surface area contributed by atoms with Gasteiger partial charge in [-0.25, -0.2) is 8.42 Å². The molecule has 0 unspecified atom stereocenters. The lowest BCUT2D eigenvalue weighted by Gasteiger charge is -2.23. The molecule has 0 fully saturated rings. The number of nitrogens with zero attached hydrogens (tertiary/aromatic N) is 3. The van der Waals surface area contributed by atoms with Crippen LogP contribution >= 0.6 is 11.8 Å². The molecule has 1 amide bonds. The largest absolute Gasteiger partial charge is 0.383 e. The van der Waals surface area contributed by atoms with E-state index in [1.54, 1.807) is 7.11 Å². The molecule has 0 saturated carbocycles. The van der Waals surface area contributed by atoms with Crippen molar-refractivity contribution >= 4 is 38.5 Å². The molecule has 2 aliphatic rings. The lowest BCUT2D eigenvalue weighted by atomic mass is 10.1. The molecule has 0 N–H and O–H groups in total. The SMILES string of the molecule is COCCN(CCCc1ccccc1)C(=O)c1ccc2c(c1)SC1=NS(=O)(=O)CCN12. The average Bonchev–Trinajstić information content (AvgIpc) is 3.11. The number of thioether (sulfide) groups is 1. The molecule has 0 aromatic heterocycles. The normalized spacial score (nSPS) is 16.4. The molecular weight excluding hydrogens is 434 g/mol. The number of fused-ring (bicyclic) bond motifs is 3. The molecule has 0 spiro atoms. The van der Waals surface area contributed by atoms with Crippen molar-refractivity contribution in [3.63, 3.8) is 0 Å². The van der Waals surface area contributed by atoms with Crippen LogP contribution in [0.1, 0.15) is 22.3 Å². The summed E-state index contributed by atoms with van der Waals surface area (Å²) in [6.07, 6.45) is 1.77. The predicted octanol–water partition coefficient (Wildman–Crippen LogP) is 3.02. The number of carbonyl (C=O) groups is 1. The molecule has 4 rings (SSSR count). The van der Waals surface area contributed by atoms with E-state index in [2.05, 4.69) is 16.5 Å². The van der Waals surface area contributed by atoms with Gasteiger partial charge in [-0.15, -0.1) is 4.40 Å². The van der Waals surface area contributed by atoms with Gasteiger partial charge in [-0.05, 0) is 48.4 Å². The summed E-state index contributed by atoms with van der Waals surface area (Å²) in [6.45, 7) is 2.01. The van der Waals surface area contributed by atoms with Gasteiger partial charge in [0.1, 0.15) is 0 Å². The molecule has 31 heavy (non-hydrogen) atoms. The first-order valence-electron chi connectivity index (χ1n) is 10.2. The molecular formula is C22H25N3O4S2. The van der Waals surface area contributed by atoms with Crippen molar-refractivity contribution < 1.29 is 17.9 Å². The van der Waals surface area contributed by atoms with Crippen LogP contribution in [0.3, 0.4) is 0 Å². The fourth-order valence-corrected chi connectivity index (χ4v) is 5.98. The van der Waals surface area contributed by atoms with Crippen molar-refractivity contribution in [3.05, 3.63) is 59.7 Å². The van der Waals surface area contributed by atoms with Crippen molar-refractivity contribution in [2.24, 2.45) is 4.40 Å². The van der Waals surface area contributed by atoms with Crippen LogP contribution in [0.15, 0.2) is 57.8 Å². The summed E-state index contributed by atoms with van der Waals surface area (Å²) in [4.78, 5) is 17.8. The number of amidine groups is 1. The van der Waals surface area contributed by atoms with Gasteiger partial charge in [-0.2, -0.15) is 0 Å². The minimum absolute atomic E-state index is 0.00336. The zero-order valence-electron chi connectivity index (χ0n) is 17.4. The van der Waals surface area contributed by atoms with Crippen LogP contribution in [0.2, 0.25) is 0 Å². The minimum atomic E-state index is -3.40. The summed E-state index contributed by atoms with van der Waals surface area (Å²) in [7, 11) is -1.77. The van der Waals surface area contributed by atoms with E-state index in [0.29, 0.717) is 37.0 Å². The van der Waals surface area contributed by atoms with Gasteiger partial charge in [-0.1, -0.05) is 30.3 Å². The van der Waals surface area contributed by atoms with E-state index in [9.17, 15) is 13.2 Å². The number of aryl methyl sites for hydroxylation is 1. The second-order valence-electron chi connectivity index (χ2n) is 7.47. The summed E-state index contributed by atoms with van der Waals surface area (Å²) in [5.41, 5.74) is 2.75. The molecule has 0 aliphatic carbocycles. The van der Waals surface area contributed by atoms with E-state index < -0.39 is 10.0 Å². The lowest BCUT2D eigenvalue weighted by molar-refractivity contribution is 0.0693. The van der Waals surface area contributed by atoms with Crippen molar-refractivity contribution in [3.8, 4) is 0 Å². The molecule has 0 radical (unpaired) electrons. The summed E-state index contributed by atoms with van der Waals surface area (Å²) >= 11 is 1.30. The number of ether oxygens (including phenoxy) is 1. The number of anilines is 1. The van der Waals surface area contributed by atoms with Gasteiger partial charge in [0.15, 0.2) is 5.17 Å².